The third kappa shape index (κ3) is 1.54. The Kier molecular flexibility index (Phi) is 1.68. The van der Waals surface area contributed by atoms with Crippen molar-refractivity contribution < 1.29 is 0 Å². The first-order chi connectivity index (χ1) is 4.95. The van der Waals surface area contributed by atoms with Crippen LogP contribution in [0.5, 0.6) is 0 Å². The van der Waals surface area contributed by atoms with Crippen molar-refractivity contribution in [2.45, 2.75) is 11.7 Å². The fourth-order valence-corrected chi connectivity index (χ4v) is 1.63. The van der Waals surface area contributed by atoms with Crippen LogP contribution in [0.15, 0.2) is 30.3 Å². The van der Waals surface area contributed by atoms with Gasteiger partial charge in [-0.1, -0.05) is 30.3 Å². The highest BCUT2D eigenvalue weighted by Crippen LogP contribution is 2.32. The second-order valence-corrected chi connectivity index (χ2v) is 3.98. The van der Waals surface area contributed by atoms with Gasteiger partial charge in [0.05, 0.1) is 0 Å². The van der Waals surface area contributed by atoms with Crippen LogP contribution in [0.1, 0.15) is 5.56 Å². The maximum Gasteiger partial charge on any atom is 0.0179 e. The average Bonchev–Trinajstić information content (AvgIpc) is 2.74. The molecule has 0 aromatic heterocycles. The van der Waals surface area contributed by atoms with Crippen molar-refractivity contribution in [3.05, 3.63) is 35.9 Å². The topological polar surface area (TPSA) is 0 Å². The predicted molar refractivity (Wildman–Crippen MR) is 46.4 cm³/mol. The second kappa shape index (κ2) is 2.67. The van der Waals surface area contributed by atoms with Crippen molar-refractivity contribution in [2.75, 3.05) is 5.75 Å². The zero-order valence-corrected chi connectivity index (χ0v) is 6.60. The Labute approximate surface area is 65.6 Å². The maximum atomic E-state index is 2.21. The van der Waals surface area contributed by atoms with Crippen molar-refractivity contribution in [2.24, 2.45) is 0 Å². The van der Waals surface area contributed by atoms with E-state index in [2.05, 4.69) is 42.1 Å². The van der Waals surface area contributed by atoms with Gasteiger partial charge in [0.25, 0.3) is 0 Å². The lowest BCUT2D eigenvalue weighted by Crippen LogP contribution is -1.89. The standard InChI is InChI=1S/C9H10S/c1-2-4-8(5-3-1)6-9-7-10-9/h1-5,9H,6-7H2/t9-/m0/s1. The van der Waals surface area contributed by atoms with E-state index in [9.17, 15) is 0 Å². The Morgan fingerprint density at radius 2 is 2.00 bits per heavy atom. The van der Waals surface area contributed by atoms with Crippen molar-refractivity contribution in [1.29, 1.82) is 0 Å². The van der Waals surface area contributed by atoms with E-state index in [4.69, 9.17) is 0 Å². The van der Waals surface area contributed by atoms with Crippen molar-refractivity contribution in [3.63, 3.8) is 0 Å². The molecule has 0 amide bonds. The number of thioether (sulfide) groups is 1. The van der Waals surface area contributed by atoms with Crippen LogP contribution >= 0.6 is 11.8 Å². The van der Waals surface area contributed by atoms with E-state index in [0.29, 0.717) is 0 Å². The van der Waals surface area contributed by atoms with Crippen LogP contribution in [0, 0.1) is 0 Å². The highest BCUT2D eigenvalue weighted by molar-refractivity contribution is 8.06. The minimum Gasteiger partial charge on any atom is -0.156 e. The van der Waals surface area contributed by atoms with E-state index in [-0.39, 0.29) is 0 Å². The van der Waals surface area contributed by atoms with Crippen LogP contribution in [-0.4, -0.2) is 11.0 Å². The van der Waals surface area contributed by atoms with Gasteiger partial charge in [0.1, 0.15) is 0 Å². The molecule has 1 aromatic carbocycles. The van der Waals surface area contributed by atoms with E-state index in [0.717, 1.165) is 5.25 Å². The normalized spacial score (nSPS) is 22.6. The summed E-state index contributed by atoms with van der Waals surface area (Å²) in [5.41, 5.74) is 1.48. The van der Waals surface area contributed by atoms with Gasteiger partial charge in [-0.05, 0) is 12.0 Å². The summed E-state index contributed by atoms with van der Waals surface area (Å²) in [6, 6.07) is 10.7. The van der Waals surface area contributed by atoms with Crippen LogP contribution in [0.3, 0.4) is 0 Å². The van der Waals surface area contributed by atoms with Gasteiger partial charge in [0.2, 0.25) is 0 Å². The molecule has 2 rings (SSSR count). The summed E-state index contributed by atoms with van der Waals surface area (Å²) in [5, 5.41) is 0.933. The molecule has 0 radical (unpaired) electrons. The Balaban J connectivity index is 2.03. The third-order valence-corrected chi connectivity index (χ3v) is 2.68. The van der Waals surface area contributed by atoms with Crippen molar-refractivity contribution >= 4 is 11.8 Å². The molecule has 1 saturated heterocycles. The van der Waals surface area contributed by atoms with Crippen molar-refractivity contribution in [1.82, 2.24) is 0 Å². The summed E-state index contributed by atoms with van der Waals surface area (Å²) in [6.07, 6.45) is 1.27. The molecule has 1 aromatic rings. The molecule has 0 N–H and O–H groups in total. The molecule has 1 heteroatoms. The predicted octanol–water partition coefficient (Wildman–Crippen LogP) is 2.34. The first-order valence-electron chi connectivity index (χ1n) is 3.61. The SMILES string of the molecule is c1ccc(C[C@H]2CS2)cc1. The summed E-state index contributed by atoms with van der Waals surface area (Å²) < 4.78 is 0. The van der Waals surface area contributed by atoms with Crippen LogP contribution < -0.4 is 0 Å². The quantitative estimate of drug-likeness (QED) is 0.583. The Morgan fingerprint density at radius 1 is 1.30 bits per heavy atom. The minimum absolute atomic E-state index is 0.933. The summed E-state index contributed by atoms with van der Waals surface area (Å²) in [4.78, 5) is 0. The van der Waals surface area contributed by atoms with Gasteiger partial charge in [-0.3, -0.25) is 0 Å². The van der Waals surface area contributed by atoms with Gasteiger partial charge in [-0.2, -0.15) is 11.8 Å². The first-order valence-corrected chi connectivity index (χ1v) is 4.65. The fourth-order valence-electron chi connectivity index (χ4n) is 1.06. The lowest BCUT2D eigenvalue weighted by Gasteiger charge is -1.94. The lowest BCUT2D eigenvalue weighted by atomic mass is 10.1. The molecule has 0 bridgehead atoms. The number of hydrogen-bond donors (Lipinski definition) is 0. The van der Waals surface area contributed by atoms with Gasteiger partial charge in [-0.15, -0.1) is 0 Å². The van der Waals surface area contributed by atoms with E-state index < -0.39 is 0 Å². The lowest BCUT2D eigenvalue weighted by molar-refractivity contribution is 1.02. The molecule has 0 unspecified atom stereocenters. The number of benzene rings is 1. The molecular formula is C9H10S. The molecule has 1 heterocycles. The zero-order chi connectivity index (χ0) is 6.81. The van der Waals surface area contributed by atoms with Gasteiger partial charge < -0.3 is 0 Å². The number of hydrogen-bond acceptors (Lipinski definition) is 1. The third-order valence-electron chi connectivity index (χ3n) is 1.71. The summed E-state index contributed by atoms with van der Waals surface area (Å²) in [7, 11) is 0. The Hall–Kier alpha value is -0.430. The summed E-state index contributed by atoms with van der Waals surface area (Å²) in [6.45, 7) is 0. The Morgan fingerprint density at radius 3 is 2.60 bits per heavy atom. The molecule has 0 spiro atoms. The smallest absolute Gasteiger partial charge is 0.0179 e. The minimum atomic E-state index is 0.933. The van der Waals surface area contributed by atoms with E-state index in [1.54, 1.807) is 0 Å². The molecule has 10 heavy (non-hydrogen) atoms. The second-order valence-electron chi connectivity index (χ2n) is 2.65. The molecule has 1 atom stereocenters. The van der Waals surface area contributed by atoms with Gasteiger partial charge in [0.15, 0.2) is 0 Å². The maximum absolute atomic E-state index is 2.21. The molecule has 0 saturated carbocycles. The van der Waals surface area contributed by atoms with Crippen LogP contribution in [0.4, 0.5) is 0 Å². The van der Waals surface area contributed by atoms with Crippen molar-refractivity contribution in [3.8, 4) is 0 Å². The number of rotatable bonds is 2. The average molecular weight is 150 g/mol. The monoisotopic (exact) mass is 150 g/mol. The summed E-state index contributed by atoms with van der Waals surface area (Å²) in [5.74, 6) is 1.37. The van der Waals surface area contributed by atoms with Crippen LogP contribution in [-0.2, 0) is 6.42 Å². The molecule has 1 aliphatic heterocycles. The van der Waals surface area contributed by atoms with E-state index in [1.807, 2.05) is 0 Å². The molecule has 52 valence electrons. The Bertz CT molecular complexity index is 201. The van der Waals surface area contributed by atoms with Crippen LogP contribution in [0.2, 0.25) is 0 Å². The van der Waals surface area contributed by atoms with Crippen LogP contribution in [0.25, 0.3) is 0 Å². The zero-order valence-electron chi connectivity index (χ0n) is 5.79. The highest BCUT2D eigenvalue weighted by atomic mass is 32.2. The van der Waals surface area contributed by atoms with Gasteiger partial charge in [-0.25, -0.2) is 0 Å². The first kappa shape index (κ1) is 6.29. The largest absolute Gasteiger partial charge is 0.156 e. The molecule has 1 aliphatic rings. The molecule has 0 nitrogen and oxygen atoms in total. The van der Waals surface area contributed by atoms with Gasteiger partial charge in [0, 0.05) is 11.0 Å². The van der Waals surface area contributed by atoms with E-state index >= 15 is 0 Å². The highest BCUT2D eigenvalue weighted by Gasteiger charge is 2.21. The molecule has 0 aliphatic carbocycles. The summed E-state index contributed by atoms with van der Waals surface area (Å²) >= 11 is 2.06. The molecular weight excluding hydrogens is 140 g/mol. The van der Waals surface area contributed by atoms with E-state index in [1.165, 1.54) is 17.7 Å². The molecule has 1 fully saturated rings. The fraction of sp³-hybridized carbons (Fsp3) is 0.333. The van der Waals surface area contributed by atoms with Gasteiger partial charge >= 0.3 is 0 Å².